The number of aliphatic hydroxyl groups is 1. The zero-order chi connectivity index (χ0) is 12.3. The van der Waals surface area contributed by atoms with Crippen LogP contribution in [0.15, 0.2) is 12.3 Å². The molecule has 0 spiro atoms. The molecule has 1 aromatic heterocycles. The Bertz CT molecular complexity index is 359. The zero-order valence-corrected chi connectivity index (χ0v) is 10.9. The van der Waals surface area contributed by atoms with Crippen LogP contribution in [-0.4, -0.2) is 22.3 Å². The molecule has 1 rings (SSSR count). The van der Waals surface area contributed by atoms with Gasteiger partial charge in [0.1, 0.15) is 11.6 Å². The van der Waals surface area contributed by atoms with Gasteiger partial charge in [-0.15, -0.1) is 0 Å². The standard InChI is InChI=1S/C12H18ClNO2/c1-8(2)9-5-10(13)11(14-6-9)16-7-12(3,4)15/h5-6,8,15H,7H2,1-4H3. The molecule has 0 atom stereocenters. The molecule has 3 nitrogen and oxygen atoms in total. The molecule has 0 saturated heterocycles. The van der Waals surface area contributed by atoms with Gasteiger partial charge in [0, 0.05) is 6.20 Å². The van der Waals surface area contributed by atoms with Crippen LogP contribution in [0.2, 0.25) is 5.02 Å². The van der Waals surface area contributed by atoms with E-state index in [1.54, 1.807) is 20.0 Å². The predicted molar refractivity (Wildman–Crippen MR) is 65.1 cm³/mol. The molecule has 0 bridgehead atoms. The number of pyridine rings is 1. The molecular weight excluding hydrogens is 226 g/mol. The summed E-state index contributed by atoms with van der Waals surface area (Å²) < 4.78 is 5.34. The maximum Gasteiger partial charge on any atom is 0.232 e. The fourth-order valence-corrected chi connectivity index (χ4v) is 1.34. The van der Waals surface area contributed by atoms with Crippen LogP contribution in [0.25, 0.3) is 0 Å². The maximum atomic E-state index is 9.52. The highest BCUT2D eigenvalue weighted by Gasteiger charge is 2.15. The van der Waals surface area contributed by atoms with Crippen LogP contribution in [0.5, 0.6) is 5.88 Å². The third kappa shape index (κ3) is 3.99. The summed E-state index contributed by atoms with van der Waals surface area (Å²) in [6, 6.07) is 1.85. The maximum absolute atomic E-state index is 9.52. The number of rotatable bonds is 4. The monoisotopic (exact) mass is 243 g/mol. The molecule has 16 heavy (non-hydrogen) atoms. The van der Waals surface area contributed by atoms with Crippen LogP contribution in [-0.2, 0) is 0 Å². The number of ether oxygens (including phenoxy) is 1. The number of hydrogen-bond acceptors (Lipinski definition) is 3. The first-order chi connectivity index (χ1) is 7.29. The van der Waals surface area contributed by atoms with Crippen molar-refractivity contribution in [3.63, 3.8) is 0 Å². The highest BCUT2D eigenvalue weighted by Crippen LogP contribution is 2.26. The van der Waals surface area contributed by atoms with Crippen molar-refractivity contribution in [1.82, 2.24) is 4.98 Å². The molecule has 90 valence electrons. The third-order valence-corrected chi connectivity index (χ3v) is 2.33. The van der Waals surface area contributed by atoms with E-state index in [9.17, 15) is 5.11 Å². The summed E-state index contributed by atoms with van der Waals surface area (Å²) in [6.45, 7) is 7.66. The van der Waals surface area contributed by atoms with Crippen molar-refractivity contribution in [2.45, 2.75) is 39.2 Å². The van der Waals surface area contributed by atoms with Crippen LogP contribution in [0, 0.1) is 0 Å². The normalized spacial score (nSPS) is 11.9. The first-order valence-electron chi connectivity index (χ1n) is 5.30. The van der Waals surface area contributed by atoms with Crippen LogP contribution in [0.3, 0.4) is 0 Å². The highest BCUT2D eigenvalue weighted by molar-refractivity contribution is 6.31. The van der Waals surface area contributed by atoms with Gasteiger partial charge in [0.25, 0.3) is 0 Å². The molecule has 4 heteroatoms. The Morgan fingerprint density at radius 3 is 2.56 bits per heavy atom. The van der Waals surface area contributed by atoms with Crippen molar-refractivity contribution in [3.8, 4) is 5.88 Å². The fraction of sp³-hybridized carbons (Fsp3) is 0.583. The second kappa shape index (κ2) is 5.02. The van der Waals surface area contributed by atoms with Crippen LogP contribution in [0.4, 0.5) is 0 Å². The average Bonchev–Trinajstić information content (AvgIpc) is 2.14. The molecule has 0 amide bonds. The number of hydrogen-bond donors (Lipinski definition) is 1. The van der Waals surface area contributed by atoms with Crippen LogP contribution < -0.4 is 4.74 Å². The first-order valence-corrected chi connectivity index (χ1v) is 5.68. The summed E-state index contributed by atoms with van der Waals surface area (Å²) in [7, 11) is 0. The van der Waals surface area contributed by atoms with Crippen molar-refractivity contribution < 1.29 is 9.84 Å². The Hall–Kier alpha value is -0.800. The minimum atomic E-state index is -0.887. The molecular formula is C12H18ClNO2. The molecule has 0 aliphatic rings. The van der Waals surface area contributed by atoms with E-state index in [0.717, 1.165) is 5.56 Å². The molecule has 0 aromatic carbocycles. The largest absolute Gasteiger partial charge is 0.474 e. The lowest BCUT2D eigenvalue weighted by atomic mass is 10.1. The van der Waals surface area contributed by atoms with Crippen LogP contribution in [0.1, 0.15) is 39.2 Å². The van der Waals surface area contributed by atoms with Gasteiger partial charge in [-0.25, -0.2) is 4.98 Å². The summed E-state index contributed by atoms with van der Waals surface area (Å²) in [6.07, 6.45) is 1.75. The topological polar surface area (TPSA) is 42.4 Å². The number of nitrogens with zero attached hydrogens (tertiary/aromatic N) is 1. The number of aromatic nitrogens is 1. The average molecular weight is 244 g/mol. The second-order valence-corrected chi connectivity index (χ2v) is 5.22. The minimum Gasteiger partial charge on any atom is -0.474 e. The zero-order valence-electron chi connectivity index (χ0n) is 10.1. The Morgan fingerprint density at radius 1 is 1.50 bits per heavy atom. The Balaban J connectivity index is 2.76. The van der Waals surface area contributed by atoms with Gasteiger partial charge in [0.2, 0.25) is 5.88 Å². The van der Waals surface area contributed by atoms with Gasteiger partial charge in [-0.3, -0.25) is 0 Å². The van der Waals surface area contributed by atoms with E-state index < -0.39 is 5.60 Å². The number of halogens is 1. The van der Waals surface area contributed by atoms with Crippen molar-refractivity contribution >= 4 is 11.6 Å². The Morgan fingerprint density at radius 2 is 2.12 bits per heavy atom. The third-order valence-electron chi connectivity index (χ3n) is 2.06. The predicted octanol–water partition coefficient (Wildman–Crippen LogP) is 3.01. The van der Waals surface area contributed by atoms with Gasteiger partial charge in [-0.05, 0) is 31.4 Å². The molecule has 1 N–H and O–H groups in total. The lowest BCUT2D eigenvalue weighted by Crippen LogP contribution is -2.28. The quantitative estimate of drug-likeness (QED) is 0.884. The smallest absolute Gasteiger partial charge is 0.232 e. The molecule has 0 radical (unpaired) electrons. The lowest BCUT2D eigenvalue weighted by Gasteiger charge is -2.18. The summed E-state index contributed by atoms with van der Waals surface area (Å²) in [4.78, 5) is 4.14. The van der Waals surface area contributed by atoms with E-state index in [2.05, 4.69) is 18.8 Å². The van der Waals surface area contributed by atoms with Gasteiger partial charge >= 0.3 is 0 Å². The van der Waals surface area contributed by atoms with E-state index >= 15 is 0 Å². The van der Waals surface area contributed by atoms with Gasteiger partial charge in [0.15, 0.2) is 0 Å². The fourth-order valence-electron chi connectivity index (χ4n) is 1.11. The van der Waals surface area contributed by atoms with Crippen molar-refractivity contribution in [2.75, 3.05) is 6.61 Å². The molecule has 1 heterocycles. The van der Waals surface area contributed by atoms with Crippen molar-refractivity contribution in [2.24, 2.45) is 0 Å². The van der Waals surface area contributed by atoms with Gasteiger partial charge in [-0.2, -0.15) is 0 Å². The first kappa shape index (κ1) is 13.3. The minimum absolute atomic E-state index is 0.167. The van der Waals surface area contributed by atoms with E-state index in [4.69, 9.17) is 16.3 Å². The SMILES string of the molecule is CC(C)c1cnc(OCC(C)(C)O)c(Cl)c1. The summed E-state index contributed by atoms with van der Waals surface area (Å²) >= 11 is 6.03. The van der Waals surface area contributed by atoms with Crippen molar-refractivity contribution in [1.29, 1.82) is 0 Å². The lowest BCUT2D eigenvalue weighted by molar-refractivity contribution is 0.0269. The molecule has 1 aromatic rings. The summed E-state index contributed by atoms with van der Waals surface area (Å²) in [5.41, 5.74) is 0.183. The van der Waals surface area contributed by atoms with Gasteiger partial charge < -0.3 is 9.84 Å². The molecule has 0 saturated carbocycles. The van der Waals surface area contributed by atoms with E-state index in [-0.39, 0.29) is 6.61 Å². The molecule has 0 fully saturated rings. The van der Waals surface area contributed by atoms with E-state index in [1.807, 2.05) is 6.07 Å². The second-order valence-electron chi connectivity index (χ2n) is 4.81. The summed E-state index contributed by atoms with van der Waals surface area (Å²) in [5.74, 6) is 0.751. The Kier molecular flexibility index (Phi) is 4.16. The van der Waals surface area contributed by atoms with E-state index in [0.29, 0.717) is 16.8 Å². The molecule has 0 aliphatic carbocycles. The molecule has 0 aliphatic heterocycles. The Labute approximate surface area is 101 Å². The highest BCUT2D eigenvalue weighted by atomic mass is 35.5. The van der Waals surface area contributed by atoms with Crippen LogP contribution >= 0.6 is 11.6 Å². The van der Waals surface area contributed by atoms with Crippen molar-refractivity contribution in [3.05, 3.63) is 22.8 Å². The van der Waals surface area contributed by atoms with Gasteiger partial charge in [-0.1, -0.05) is 25.4 Å². The van der Waals surface area contributed by atoms with E-state index in [1.165, 1.54) is 0 Å². The molecule has 0 unspecified atom stereocenters. The summed E-state index contributed by atoms with van der Waals surface area (Å²) in [5, 5.41) is 10.00. The van der Waals surface area contributed by atoms with Gasteiger partial charge in [0.05, 0.1) is 5.60 Å².